The second kappa shape index (κ2) is 7.41. The number of methoxy groups -OCH3 is 1. The summed E-state index contributed by atoms with van der Waals surface area (Å²) in [7, 11) is 1.38. The van der Waals surface area contributed by atoms with Crippen LogP contribution in [0.25, 0.3) is 0 Å². The van der Waals surface area contributed by atoms with Crippen LogP contribution in [0.15, 0.2) is 18.2 Å². The number of hydrogen-bond donors (Lipinski definition) is 2. The van der Waals surface area contributed by atoms with E-state index < -0.39 is 0 Å². The molecule has 114 valence electrons. The molecule has 0 saturated heterocycles. The molecule has 0 unspecified atom stereocenters. The number of esters is 1. The van der Waals surface area contributed by atoms with Gasteiger partial charge in [0.25, 0.3) is 0 Å². The maximum atomic E-state index is 11.6. The van der Waals surface area contributed by atoms with Crippen LogP contribution in [0.5, 0.6) is 0 Å². The lowest BCUT2D eigenvalue weighted by atomic mass is 9.96. The normalized spacial score (nSPS) is 15.3. The maximum Gasteiger partial charge on any atom is 0.337 e. The number of rotatable bonds is 3. The van der Waals surface area contributed by atoms with Crippen LogP contribution in [-0.4, -0.2) is 24.2 Å². The third kappa shape index (κ3) is 4.43. The number of anilines is 1. The smallest absolute Gasteiger partial charge is 0.337 e. The van der Waals surface area contributed by atoms with Gasteiger partial charge in [-0.25, -0.2) is 4.79 Å². The minimum Gasteiger partial charge on any atom is -0.465 e. The molecular formula is C16H22N2O2S. The van der Waals surface area contributed by atoms with E-state index in [9.17, 15) is 4.79 Å². The van der Waals surface area contributed by atoms with E-state index in [1.165, 1.54) is 39.2 Å². The van der Waals surface area contributed by atoms with E-state index in [1.807, 2.05) is 13.0 Å². The van der Waals surface area contributed by atoms with Gasteiger partial charge in [0.15, 0.2) is 5.11 Å². The summed E-state index contributed by atoms with van der Waals surface area (Å²) >= 11 is 5.38. The number of thiocarbonyl (C=S) groups is 1. The average Bonchev–Trinajstić information content (AvgIpc) is 2.49. The molecule has 0 radical (unpaired) electrons. The van der Waals surface area contributed by atoms with Gasteiger partial charge >= 0.3 is 5.97 Å². The second-order valence-electron chi connectivity index (χ2n) is 5.45. The topological polar surface area (TPSA) is 50.4 Å². The van der Waals surface area contributed by atoms with E-state index in [0.29, 0.717) is 16.7 Å². The lowest BCUT2D eigenvalue weighted by molar-refractivity contribution is 0.0601. The molecule has 1 aliphatic rings. The van der Waals surface area contributed by atoms with Gasteiger partial charge in [-0.1, -0.05) is 25.3 Å². The molecule has 5 heteroatoms. The number of benzene rings is 1. The first kappa shape index (κ1) is 15.8. The van der Waals surface area contributed by atoms with Gasteiger partial charge in [0.05, 0.1) is 12.7 Å². The van der Waals surface area contributed by atoms with Crippen molar-refractivity contribution in [2.75, 3.05) is 12.4 Å². The molecular weight excluding hydrogens is 284 g/mol. The Bertz CT molecular complexity index is 525. The largest absolute Gasteiger partial charge is 0.465 e. The van der Waals surface area contributed by atoms with Crippen molar-refractivity contribution in [2.45, 2.75) is 45.1 Å². The summed E-state index contributed by atoms with van der Waals surface area (Å²) in [4.78, 5) is 11.6. The number of aryl methyl sites for hydroxylation is 1. The van der Waals surface area contributed by atoms with Gasteiger partial charge in [-0.15, -0.1) is 0 Å². The molecule has 21 heavy (non-hydrogen) atoms. The molecule has 1 aromatic rings. The van der Waals surface area contributed by atoms with Crippen molar-refractivity contribution in [3.05, 3.63) is 29.3 Å². The second-order valence-corrected chi connectivity index (χ2v) is 5.86. The maximum absolute atomic E-state index is 11.6. The third-order valence-corrected chi connectivity index (χ3v) is 4.07. The molecule has 0 bridgehead atoms. The first-order valence-electron chi connectivity index (χ1n) is 7.36. The van der Waals surface area contributed by atoms with Crippen molar-refractivity contribution < 1.29 is 9.53 Å². The Morgan fingerprint density at radius 2 is 2.00 bits per heavy atom. The summed E-state index contributed by atoms with van der Waals surface area (Å²) in [5.41, 5.74) is 2.40. The molecule has 4 nitrogen and oxygen atoms in total. The Morgan fingerprint density at radius 1 is 1.29 bits per heavy atom. The van der Waals surface area contributed by atoms with E-state index in [4.69, 9.17) is 17.0 Å². The Morgan fingerprint density at radius 3 is 2.67 bits per heavy atom. The molecule has 0 amide bonds. The van der Waals surface area contributed by atoms with E-state index in [2.05, 4.69) is 10.6 Å². The van der Waals surface area contributed by atoms with Crippen molar-refractivity contribution in [1.82, 2.24) is 5.32 Å². The molecule has 1 fully saturated rings. The van der Waals surface area contributed by atoms with Gasteiger partial charge in [-0.2, -0.15) is 0 Å². The summed E-state index contributed by atoms with van der Waals surface area (Å²) < 4.78 is 4.74. The minimum absolute atomic E-state index is 0.343. The third-order valence-electron chi connectivity index (χ3n) is 3.85. The van der Waals surface area contributed by atoms with Gasteiger partial charge in [0.1, 0.15) is 0 Å². The molecule has 2 N–H and O–H groups in total. The number of nitrogens with one attached hydrogen (secondary N) is 2. The summed E-state index contributed by atoms with van der Waals surface area (Å²) in [5, 5.41) is 7.17. The number of carbonyl (C=O) groups is 1. The van der Waals surface area contributed by atoms with Crippen LogP contribution >= 0.6 is 12.2 Å². The van der Waals surface area contributed by atoms with Gasteiger partial charge in [0, 0.05) is 11.7 Å². The summed E-state index contributed by atoms with van der Waals surface area (Å²) in [6, 6.07) is 5.88. The highest BCUT2D eigenvalue weighted by Gasteiger charge is 2.15. The van der Waals surface area contributed by atoms with Gasteiger partial charge in [-0.3, -0.25) is 0 Å². The molecule has 0 atom stereocenters. The van der Waals surface area contributed by atoms with Crippen molar-refractivity contribution in [3.63, 3.8) is 0 Å². The quantitative estimate of drug-likeness (QED) is 0.662. The molecule has 0 aromatic heterocycles. The first-order valence-corrected chi connectivity index (χ1v) is 7.77. The van der Waals surface area contributed by atoms with Crippen LogP contribution in [-0.2, 0) is 4.74 Å². The van der Waals surface area contributed by atoms with Crippen LogP contribution in [0, 0.1) is 6.92 Å². The zero-order chi connectivity index (χ0) is 15.2. The zero-order valence-corrected chi connectivity index (χ0v) is 13.4. The van der Waals surface area contributed by atoms with E-state index in [0.717, 1.165) is 11.3 Å². The minimum atomic E-state index is -0.343. The SMILES string of the molecule is COC(=O)c1ccc(C)c(NC(=S)NC2CCCCC2)c1. The molecule has 1 aromatic carbocycles. The first-order chi connectivity index (χ1) is 10.1. The van der Waals surface area contributed by atoms with Gasteiger partial charge in [-0.05, 0) is 49.7 Å². The number of hydrogen-bond acceptors (Lipinski definition) is 3. The summed E-state index contributed by atoms with van der Waals surface area (Å²) in [5.74, 6) is -0.343. The zero-order valence-electron chi connectivity index (χ0n) is 12.6. The van der Waals surface area contributed by atoms with Crippen LogP contribution < -0.4 is 10.6 Å². The van der Waals surface area contributed by atoms with Gasteiger partial charge < -0.3 is 15.4 Å². The van der Waals surface area contributed by atoms with Crippen molar-refractivity contribution in [1.29, 1.82) is 0 Å². The van der Waals surface area contributed by atoms with Crippen molar-refractivity contribution >= 4 is 29.0 Å². The van der Waals surface area contributed by atoms with Crippen molar-refractivity contribution in [2.24, 2.45) is 0 Å². The fraction of sp³-hybridized carbons (Fsp3) is 0.500. The molecule has 1 saturated carbocycles. The predicted molar refractivity (Wildman–Crippen MR) is 88.7 cm³/mol. The van der Waals surface area contributed by atoms with E-state index in [1.54, 1.807) is 12.1 Å². The Kier molecular flexibility index (Phi) is 5.56. The van der Waals surface area contributed by atoms with Crippen LogP contribution in [0.4, 0.5) is 5.69 Å². The van der Waals surface area contributed by atoms with Crippen LogP contribution in [0.2, 0.25) is 0 Å². The highest BCUT2D eigenvalue weighted by molar-refractivity contribution is 7.80. The Labute approximate surface area is 131 Å². The summed E-state index contributed by atoms with van der Waals surface area (Å²) in [6.07, 6.45) is 6.18. The molecule has 0 aliphatic heterocycles. The fourth-order valence-electron chi connectivity index (χ4n) is 2.59. The fourth-order valence-corrected chi connectivity index (χ4v) is 2.87. The Balaban J connectivity index is 2.00. The highest BCUT2D eigenvalue weighted by Crippen LogP contribution is 2.19. The molecule has 2 rings (SSSR count). The van der Waals surface area contributed by atoms with Crippen LogP contribution in [0.3, 0.4) is 0 Å². The standard InChI is InChI=1S/C16H22N2O2S/c1-11-8-9-12(15(19)20-2)10-14(11)18-16(21)17-13-6-4-3-5-7-13/h8-10,13H,3-7H2,1-2H3,(H2,17,18,21). The van der Waals surface area contributed by atoms with Crippen LogP contribution in [0.1, 0.15) is 48.0 Å². The molecule has 1 aliphatic carbocycles. The summed E-state index contributed by atoms with van der Waals surface area (Å²) in [6.45, 7) is 1.98. The van der Waals surface area contributed by atoms with Crippen molar-refractivity contribution in [3.8, 4) is 0 Å². The highest BCUT2D eigenvalue weighted by atomic mass is 32.1. The number of carbonyl (C=O) groups excluding carboxylic acids is 1. The molecule has 0 spiro atoms. The number of ether oxygens (including phenoxy) is 1. The predicted octanol–water partition coefficient (Wildman–Crippen LogP) is 3.40. The lowest BCUT2D eigenvalue weighted by Gasteiger charge is -2.24. The monoisotopic (exact) mass is 306 g/mol. The lowest BCUT2D eigenvalue weighted by Crippen LogP contribution is -2.39. The Hall–Kier alpha value is -1.62. The molecule has 0 heterocycles. The van der Waals surface area contributed by atoms with E-state index >= 15 is 0 Å². The van der Waals surface area contributed by atoms with E-state index in [-0.39, 0.29) is 5.97 Å². The average molecular weight is 306 g/mol. The van der Waals surface area contributed by atoms with Gasteiger partial charge in [0.2, 0.25) is 0 Å².